The number of carboxylic acid groups (broad SMARTS) is 2. The van der Waals surface area contributed by atoms with E-state index in [1.54, 1.807) is 46.0 Å². The summed E-state index contributed by atoms with van der Waals surface area (Å²) in [5.74, 6) is -5.65. The van der Waals surface area contributed by atoms with Crippen molar-refractivity contribution < 1.29 is 238 Å². The van der Waals surface area contributed by atoms with Gasteiger partial charge in [-0.15, -0.1) is 0 Å². The summed E-state index contributed by atoms with van der Waals surface area (Å²) in [7, 11) is 5.09. The van der Waals surface area contributed by atoms with E-state index in [1.165, 1.54) is 60.6 Å². The van der Waals surface area contributed by atoms with E-state index in [2.05, 4.69) is 97.9 Å². The number of methoxy groups -OCH3 is 1. The second-order valence-electron chi connectivity index (χ2n) is 17.9. The summed E-state index contributed by atoms with van der Waals surface area (Å²) in [6.07, 6.45) is 8.93. The Balaban J connectivity index is -0.00000111. The first-order valence-electron chi connectivity index (χ1n) is 26.5. The Morgan fingerprint density at radius 1 is 0.630 bits per heavy atom. The molecule has 40 heteroatoms. The summed E-state index contributed by atoms with van der Waals surface area (Å²) in [6, 6.07) is 20.5. The average Bonchev–Trinajstić information content (AvgIpc) is 0.943. The molecule has 1 aromatic carbocycles. The van der Waals surface area contributed by atoms with E-state index in [4.69, 9.17) is 79.0 Å². The molecule has 0 radical (unpaired) electrons. The van der Waals surface area contributed by atoms with E-state index >= 15 is 0 Å². The van der Waals surface area contributed by atoms with Gasteiger partial charge in [-0.05, 0) is 92.8 Å². The van der Waals surface area contributed by atoms with E-state index in [0.717, 1.165) is 72.6 Å². The Morgan fingerprint density at radius 2 is 1.04 bits per heavy atom. The molecule has 100 heavy (non-hydrogen) atoms. The van der Waals surface area contributed by atoms with E-state index in [0.29, 0.717) is 11.1 Å². The van der Waals surface area contributed by atoms with E-state index < -0.39 is 68.2 Å². The number of carbonyl (C=O) groups is 4. The molecule has 2 unspecified atom stereocenters. The molecule has 0 aliphatic rings. The fourth-order valence-electron chi connectivity index (χ4n) is 5.42. The van der Waals surface area contributed by atoms with Gasteiger partial charge in [-0.1, -0.05) is 67.2 Å². The minimum atomic E-state index is -0.824. The maximum absolute atomic E-state index is 13.8. The number of nitrogens with two attached hydrogens (primary N) is 2. The molecule has 0 aliphatic heterocycles. The first-order chi connectivity index (χ1) is 46.2. The number of carbonyl (C=O) groups excluding carboxylic acids is 2. The molecular formula is C60H57Br3Cl2Cs2F8N12O13. The largest absolute Gasteiger partial charge is 1.00 e. The number of benzene rings is 1. The number of hydrogen-bond acceptors (Lipinski definition) is 22. The van der Waals surface area contributed by atoms with Gasteiger partial charge >= 0.3 is 150 Å². The van der Waals surface area contributed by atoms with E-state index in [9.17, 15) is 49.5 Å². The van der Waals surface area contributed by atoms with Crippen LogP contribution in [0.2, 0.25) is 10.3 Å². The third-order valence-corrected chi connectivity index (χ3v) is 11.6. The zero-order valence-electron chi connectivity index (χ0n) is 54.4. The van der Waals surface area contributed by atoms with Gasteiger partial charge in [0.2, 0.25) is 23.5 Å². The Hall–Kier alpha value is -5.46. The van der Waals surface area contributed by atoms with Gasteiger partial charge in [0, 0.05) is 54.6 Å². The van der Waals surface area contributed by atoms with E-state index in [1.807, 2.05) is 25.1 Å². The molecule has 1 amide bonds. The van der Waals surface area contributed by atoms with Crippen molar-refractivity contribution in [2.45, 2.75) is 37.0 Å². The number of aromatic nitrogens is 8. The molecule has 0 aliphatic carbocycles. The number of ether oxygens (including phenoxy) is 4. The average molecular weight is 1880 g/mol. The first kappa shape index (κ1) is 96.6. The summed E-state index contributed by atoms with van der Waals surface area (Å²) < 4.78 is 123. The number of carboxylic acids is 2. The van der Waals surface area contributed by atoms with Crippen LogP contribution in [0.3, 0.4) is 0 Å². The van der Waals surface area contributed by atoms with Crippen molar-refractivity contribution in [1.82, 2.24) is 44.8 Å². The molecule has 0 bridgehead atoms. The quantitative estimate of drug-likeness (QED) is 0.0165. The number of aryl methyl sites for hydroxylation is 1. The molecule has 8 N–H and O–H groups in total. The van der Waals surface area contributed by atoms with Crippen LogP contribution in [-0.4, -0.2) is 122 Å². The number of nitrogens with one attached hydrogen (secondary N) is 1. The summed E-state index contributed by atoms with van der Waals surface area (Å²) in [4.78, 5) is 71.6. The number of aromatic hydroxyl groups is 1. The number of likely N-dealkylation sites (N-methyl/N-ethyl adjacent to an activating group) is 1. The number of pyridine rings is 8. The second kappa shape index (κ2) is 54.2. The molecule has 0 saturated carbocycles. The van der Waals surface area contributed by atoms with Gasteiger partial charge in [-0.25, -0.2) is 75.0 Å². The third kappa shape index (κ3) is 44.1. The Kier molecular flexibility index (Phi) is 52.4. The first-order valence-corrected chi connectivity index (χ1v) is 29.9. The zero-order valence-corrected chi connectivity index (χ0v) is 72.3. The van der Waals surface area contributed by atoms with Crippen LogP contribution in [0, 0.1) is 53.5 Å². The van der Waals surface area contributed by atoms with Crippen molar-refractivity contribution in [1.29, 1.82) is 0 Å². The van der Waals surface area contributed by atoms with Crippen LogP contribution in [-0.2, 0) is 30.6 Å². The van der Waals surface area contributed by atoms with Gasteiger partial charge in [0.25, 0.3) is 6.47 Å². The number of halogens is 13. The van der Waals surface area contributed by atoms with Crippen molar-refractivity contribution >= 4 is 107 Å². The summed E-state index contributed by atoms with van der Waals surface area (Å²) >= 11 is 19.5. The standard InChI is InChI=1S/C13H10BrF2N3O2.C10H5ClF2N2O.C10H7F2N3O.C9H13NO.C5H3BrFN.C5H3ClFNO.C4H9NO2.C3H5BrO2.CH2O3.2Cs.H/c1-7(14)13(20)19-12-10(16)4-9(6-18-12)21-11-3-2-8(15)5-17-11;11-10-8(13)3-7(5-15-10)16-9-2-1-6(12)4-14-9;11-6-1-2-9(14-4-6)16-7-3-8(12)10(13)15-5-7;1-7-3-4-8(6-10)9(5-7)11-2;6-5-2-1-4(7)3-8-5;6-5-4(7)1-3(9)2-8-5;1-5(2)3-4(6)7;1-2(4)3(5)6;2-1-4-3;;;/h2-7H,1H3,(H,18,19,20);1-5H;1-5H,(H2,13,15);3-5H,6,10H2,1-2H3;1-3H;1-2,9H;3H2,1-2H3,(H,6,7);2H,1H3,(H,5,6);1,3H;;;/q;;;;;;;;;2*+1;-1/p-1. The van der Waals surface area contributed by atoms with Crippen LogP contribution < -0.4 is 179 Å². The molecular weight excluding hydrogens is 1830 g/mol. The summed E-state index contributed by atoms with van der Waals surface area (Å²) in [6.45, 7) is 5.65. The van der Waals surface area contributed by atoms with Crippen LogP contribution in [0.15, 0.2) is 145 Å². The minimum absolute atomic E-state index is 0. The van der Waals surface area contributed by atoms with Crippen molar-refractivity contribution in [3.05, 3.63) is 213 Å². The SMILES string of the molecule is CC(Br)C(=O)Nc1ncc(Oc2ccc(F)cn2)cc1F.CC(Br)C(=O)O.CN(C)CC(=O)O.COc1cc(C)ccc1CN.Fc1ccc(Br)nc1.Fc1ccc(Oc2cnc(Cl)c(F)c2)nc1.Nc1ncc(Oc2ccc(F)cn2)cc1F.O=CO[O-].Oc1cnc(Cl)c(F)c1.[Cs+].[Cs+].[H-]. The monoisotopic (exact) mass is 1880 g/mol. The Bertz CT molecular complexity index is 3790. The van der Waals surface area contributed by atoms with Crippen LogP contribution in [0.5, 0.6) is 46.4 Å². The van der Waals surface area contributed by atoms with Gasteiger partial charge in [-0.3, -0.25) is 24.1 Å². The second-order valence-corrected chi connectivity index (χ2v) is 22.2. The number of anilines is 2. The van der Waals surface area contributed by atoms with Gasteiger partial charge < -0.3 is 62.6 Å². The Morgan fingerprint density at radius 3 is 1.35 bits per heavy atom. The fraction of sp³-hybridized carbons (Fsp3) is 0.167. The summed E-state index contributed by atoms with van der Waals surface area (Å²) in [5.41, 5.74) is 12.9. The van der Waals surface area contributed by atoms with Crippen molar-refractivity contribution in [2.75, 3.05) is 38.8 Å². The molecule has 528 valence electrons. The summed E-state index contributed by atoms with van der Waals surface area (Å²) in [5, 5.41) is 34.8. The van der Waals surface area contributed by atoms with Crippen LogP contribution in [0.4, 0.5) is 46.8 Å². The molecule has 9 aromatic rings. The van der Waals surface area contributed by atoms with E-state index in [-0.39, 0.29) is 221 Å². The fourth-order valence-corrected chi connectivity index (χ4v) is 5.98. The smallest absolute Gasteiger partial charge is 1.00 e. The number of aliphatic carboxylic acids is 2. The maximum Gasteiger partial charge on any atom is 1.00 e. The molecule has 8 heterocycles. The molecule has 25 nitrogen and oxygen atoms in total. The van der Waals surface area contributed by atoms with Crippen LogP contribution in [0.1, 0.15) is 26.4 Å². The van der Waals surface area contributed by atoms with Gasteiger partial charge in [0.05, 0.1) is 68.1 Å². The number of alkyl halides is 2. The topological polar surface area (TPSA) is 369 Å². The minimum Gasteiger partial charge on any atom is -1.00 e. The molecule has 9 rings (SSSR count). The van der Waals surface area contributed by atoms with Gasteiger partial charge in [0.1, 0.15) is 44.2 Å². The van der Waals surface area contributed by atoms with Crippen LogP contribution >= 0.6 is 71.0 Å². The number of hydrogen-bond donors (Lipinski definition) is 6. The number of nitrogen functional groups attached to an aromatic ring is 1. The number of rotatable bonds is 14. The van der Waals surface area contributed by atoms with Gasteiger partial charge in [0.15, 0.2) is 62.5 Å². The molecule has 2 atom stereocenters. The predicted octanol–water partition coefficient (Wildman–Crippen LogP) is 6.67. The molecule has 8 aromatic heterocycles. The number of nitrogens with zero attached hydrogens (tertiary/aromatic N) is 9. The van der Waals surface area contributed by atoms with Crippen molar-refractivity contribution in [3.8, 4) is 46.4 Å². The maximum atomic E-state index is 13.8. The Labute approximate surface area is 720 Å². The molecule has 0 fully saturated rings. The van der Waals surface area contributed by atoms with Crippen molar-refractivity contribution in [3.63, 3.8) is 0 Å². The normalized spacial score (nSPS) is 10.1. The molecule has 0 spiro atoms. The van der Waals surface area contributed by atoms with Gasteiger partial charge in [-0.2, -0.15) is 0 Å². The molecule has 0 saturated heterocycles. The number of amides is 1. The predicted molar refractivity (Wildman–Crippen MR) is 351 cm³/mol. The zero-order chi connectivity index (χ0) is 74.0. The van der Waals surface area contributed by atoms with Crippen molar-refractivity contribution in [2.24, 2.45) is 5.73 Å². The van der Waals surface area contributed by atoms with Crippen LogP contribution in [0.25, 0.3) is 0 Å². The third-order valence-electron chi connectivity index (χ3n) is 9.77.